The van der Waals surface area contributed by atoms with Crippen molar-refractivity contribution in [2.24, 2.45) is 0 Å². The lowest BCUT2D eigenvalue weighted by Crippen LogP contribution is -2.43. The molecule has 0 saturated heterocycles. The molecule has 1 atom stereocenters. The molecule has 0 aromatic rings. The van der Waals surface area contributed by atoms with E-state index in [0.717, 1.165) is 0 Å². The van der Waals surface area contributed by atoms with Crippen LogP contribution in [-0.2, 0) is 14.3 Å². The number of alkyl carbamates (subject to hydrolysis) is 1. The van der Waals surface area contributed by atoms with Crippen LogP contribution in [-0.4, -0.2) is 41.0 Å². The SMILES string of the molecule is CC(C)(C)OC(=O)NCC(OC(C)(C)C)C(=O)O. The summed E-state index contributed by atoms with van der Waals surface area (Å²) in [5, 5.41) is 11.3. The predicted octanol–water partition coefficient (Wildman–Crippen LogP) is 1.78. The molecule has 0 aromatic carbocycles. The van der Waals surface area contributed by atoms with Crippen LogP contribution in [0.5, 0.6) is 0 Å². The molecule has 18 heavy (non-hydrogen) atoms. The lowest BCUT2D eigenvalue weighted by atomic mass is 10.2. The van der Waals surface area contributed by atoms with Gasteiger partial charge in [0.1, 0.15) is 5.60 Å². The van der Waals surface area contributed by atoms with Gasteiger partial charge in [0.2, 0.25) is 0 Å². The monoisotopic (exact) mass is 261 g/mol. The van der Waals surface area contributed by atoms with Crippen molar-refractivity contribution >= 4 is 12.1 Å². The summed E-state index contributed by atoms with van der Waals surface area (Å²) in [6.07, 6.45) is -1.76. The van der Waals surface area contributed by atoms with E-state index in [1.54, 1.807) is 41.5 Å². The van der Waals surface area contributed by atoms with Gasteiger partial charge in [-0.15, -0.1) is 0 Å². The van der Waals surface area contributed by atoms with Crippen molar-refractivity contribution in [3.8, 4) is 0 Å². The highest BCUT2D eigenvalue weighted by Crippen LogP contribution is 2.11. The Labute approximate surface area is 108 Å². The zero-order valence-corrected chi connectivity index (χ0v) is 11.9. The van der Waals surface area contributed by atoms with Crippen molar-refractivity contribution < 1.29 is 24.2 Å². The first kappa shape index (κ1) is 16.7. The minimum Gasteiger partial charge on any atom is -0.479 e. The molecule has 0 radical (unpaired) electrons. The van der Waals surface area contributed by atoms with Crippen LogP contribution in [0.15, 0.2) is 0 Å². The van der Waals surface area contributed by atoms with Gasteiger partial charge in [-0.1, -0.05) is 0 Å². The molecule has 0 rings (SSSR count). The van der Waals surface area contributed by atoms with Crippen molar-refractivity contribution in [3.05, 3.63) is 0 Å². The third-order valence-corrected chi connectivity index (χ3v) is 1.60. The molecule has 0 aliphatic rings. The van der Waals surface area contributed by atoms with Crippen LogP contribution in [0.25, 0.3) is 0 Å². The molecule has 6 nitrogen and oxygen atoms in total. The largest absolute Gasteiger partial charge is 0.479 e. The van der Waals surface area contributed by atoms with E-state index < -0.39 is 29.4 Å². The second kappa shape index (κ2) is 6.04. The number of rotatable bonds is 4. The van der Waals surface area contributed by atoms with Crippen LogP contribution in [0.2, 0.25) is 0 Å². The first-order valence-electron chi connectivity index (χ1n) is 5.78. The van der Waals surface area contributed by atoms with E-state index >= 15 is 0 Å². The molecule has 1 amide bonds. The van der Waals surface area contributed by atoms with Gasteiger partial charge in [0.25, 0.3) is 0 Å². The molecular formula is C12H23NO5. The van der Waals surface area contributed by atoms with Gasteiger partial charge < -0.3 is 19.9 Å². The van der Waals surface area contributed by atoms with Crippen LogP contribution in [0, 0.1) is 0 Å². The Kier molecular flexibility index (Phi) is 5.60. The number of carbonyl (C=O) groups excluding carboxylic acids is 1. The van der Waals surface area contributed by atoms with E-state index in [-0.39, 0.29) is 6.54 Å². The first-order chi connectivity index (χ1) is 7.91. The Morgan fingerprint density at radius 1 is 1.11 bits per heavy atom. The summed E-state index contributed by atoms with van der Waals surface area (Å²) in [6, 6.07) is 0. The molecule has 0 saturated carbocycles. The number of carbonyl (C=O) groups is 2. The number of hydrogen-bond donors (Lipinski definition) is 2. The summed E-state index contributed by atoms with van der Waals surface area (Å²) in [7, 11) is 0. The molecule has 0 fully saturated rings. The van der Waals surface area contributed by atoms with E-state index in [9.17, 15) is 9.59 Å². The zero-order valence-electron chi connectivity index (χ0n) is 11.9. The Hall–Kier alpha value is -1.30. The molecule has 0 heterocycles. The highest BCUT2D eigenvalue weighted by Gasteiger charge is 2.26. The van der Waals surface area contributed by atoms with Gasteiger partial charge in [-0.05, 0) is 41.5 Å². The molecule has 0 spiro atoms. The molecule has 106 valence electrons. The third kappa shape index (κ3) is 8.81. The fourth-order valence-corrected chi connectivity index (χ4v) is 1.10. The van der Waals surface area contributed by atoms with Crippen molar-refractivity contribution in [1.29, 1.82) is 0 Å². The van der Waals surface area contributed by atoms with E-state index in [0.29, 0.717) is 0 Å². The summed E-state index contributed by atoms with van der Waals surface area (Å²) in [5.74, 6) is -1.12. The Bertz CT molecular complexity index is 301. The van der Waals surface area contributed by atoms with Crippen molar-refractivity contribution in [1.82, 2.24) is 5.32 Å². The zero-order chi connectivity index (χ0) is 14.6. The number of aliphatic carboxylic acids is 1. The number of nitrogens with one attached hydrogen (secondary N) is 1. The van der Waals surface area contributed by atoms with E-state index in [4.69, 9.17) is 14.6 Å². The van der Waals surface area contributed by atoms with E-state index in [2.05, 4.69) is 5.32 Å². The highest BCUT2D eigenvalue weighted by atomic mass is 16.6. The molecule has 2 N–H and O–H groups in total. The summed E-state index contributed by atoms with van der Waals surface area (Å²) in [5.41, 5.74) is -1.22. The molecular weight excluding hydrogens is 238 g/mol. The van der Waals surface area contributed by atoms with Crippen LogP contribution >= 0.6 is 0 Å². The predicted molar refractivity (Wildman–Crippen MR) is 66.5 cm³/mol. The second-order valence-electron chi connectivity index (χ2n) is 5.94. The van der Waals surface area contributed by atoms with Crippen LogP contribution < -0.4 is 5.32 Å². The quantitative estimate of drug-likeness (QED) is 0.805. The van der Waals surface area contributed by atoms with Gasteiger partial charge >= 0.3 is 12.1 Å². The number of hydrogen-bond acceptors (Lipinski definition) is 4. The summed E-state index contributed by atoms with van der Waals surface area (Å²) < 4.78 is 10.3. The van der Waals surface area contributed by atoms with Gasteiger partial charge in [0, 0.05) is 0 Å². The van der Waals surface area contributed by atoms with Crippen molar-refractivity contribution in [2.75, 3.05) is 6.54 Å². The standard InChI is InChI=1S/C12H23NO5/c1-11(2,3)17-8(9(14)15)7-13-10(16)18-12(4,5)6/h8H,7H2,1-6H3,(H,13,16)(H,14,15). The molecule has 0 aliphatic carbocycles. The molecule has 6 heteroatoms. The smallest absolute Gasteiger partial charge is 0.407 e. The minimum absolute atomic E-state index is 0.137. The molecule has 0 bridgehead atoms. The number of carboxylic acid groups (broad SMARTS) is 1. The lowest BCUT2D eigenvalue weighted by Gasteiger charge is -2.26. The summed E-state index contributed by atoms with van der Waals surface area (Å²) >= 11 is 0. The van der Waals surface area contributed by atoms with Gasteiger partial charge in [-0.3, -0.25) is 0 Å². The number of ether oxygens (including phenoxy) is 2. The maximum absolute atomic E-state index is 11.4. The van der Waals surface area contributed by atoms with Gasteiger partial charge in [-0.25, -0.2) is 9.59 Å². The first-order valence-corrected chi connectivity index (χ1v) is 5.78. The van der Waals surface area contributed by atoms with Crippen molar-refractivity contribution in [2.45, 2.75) is 58.8 Å². The van der Waals surface area contributed by atoms with Gasteiger partial charge in [-0.2, -0.15) is 0 Å². The fraction of sp³-hybridized carbons (Fsp3) is 0.833. The van der Waals surface area contributed by atoms with E-state index in [1.807, 2.05) is 0 Å². The van der Waals surface area contributed by atoms with Crippen molar-refractivity contribution in [3.63, 3.8) is 0 Å². The van der Waals surface area contributed by atoms with Gasteiger partial charge in [0.05, 0.1) is 12.1 Å². The lowest BCUT2D eigenvalue weighted by molar-refractivity contribution is -0.159. The Morgan fingerprint density at radius 3 is 1.94 bits per heavy atom. The Morgan fingerprint density at radius 2 is 1.61 bits per heavy atom. The normalized spacial score (nSPS) is 13.9. The molecule has 0 aliphatic heterocycles. The molecule has 1 unspecified atom stereocenters. The average molecular weight is 261 g/mol. The van der Waals surface area contributed by atoms with Crippen LogP contribution in [0.4, 0.5) is 4.79 Å². The fourth-order valence-electron chi connectivity index (χ4n) is 1.10. The Balaban J connectivity index is 4.29. The third-order valence-electron chi connectivity index (χ3n) is 1.60. The summed E-state index contributed by atoms with van der Waals surface area (Å²) in [4.78, 5) is 22.3. The van der Waals surface area contributed by atoms with Gasteiger partial charge in [0.15, 0.2) is 6.10 Å². The average Bonchev–Trinajstić information content (AvgIpc) is 2.06. The second-order valence-corrected chi connectivity index (χ2v) is 5.94. The topological polar surface area (TPSA) is 84.9 Å². The summed E-state index contributed by atoms with van der Waals surface area (Å²) in [6.45, 7) is 10.3. The minimum atomic E-state index is -1.12. The van der Waals surface area contributed by atoms with Crippen LogP contribution in [0.3, 0.4) is 0 Å². The van der Waals surface area contributed by atoms with Crippen LogP contribution in [0.1, 0.15) is 41.5 Å². The highest BCUT2D eigenvalue weighted by molar-refractivity contribution is 5.74. The number of amides is 1. The number of carboxylic acids is 1. The van der Waals surface area contributed by atoms with E-state index in [1.165, 1.54) is 0 Å². The maximum atomic E-state index is 11.4. The molecule has 0 aromatic heterocycles. The maximum Gasteiger partial charge on any atom is 0.407 e.